The lowest BCUT2D eigenvalue weighted by Crippen LogP contribution is -2.17. The molecule has 0 unspecified atom stereocenters. The van der Waals surface area contributed by atoms with Crippen molar-refractivity contribution in [1.82, 2.24) is 0 Å². The molecular formula is C17H13ClF5NO2. The fourth-order valence-electron chi connectivity index (χ4n) is 1.82. The van der Waals surface area contributed by atoms with E-state index in [1.165, 1.54) is 18.3 Å². The average molecular weight is 394 g/mol. The molecule has 0 bridgehead atoms. The number of rotatable bonds is 6. The fourth-order valence-corrected chi connectivity index (χ4v) is 2.03. The fraction of sp³-hybridized carbons (Fsp3) is 0.235. The van der Waals surface area contributed by atoms with E-state index in [1.807, 2.05) is 0 Å². The summed E-state index contributed by atoms with van der Waals surface area (Å²) in [4.78, 5) is 3.64. The zero-order chi connectivity index (χ0) is 19.4. The van der Waals surface area contributed by atoms with E-state index in [2.05, 4.69) is 9.73 Å². The highest BCUT2D eigenvalue weighted by atomic mass is 35.5. The van der Waals surface area contributed by atoms with E-state index in [4.69, 9.17) is 16.3 Å². The third-order valence-electron chi connectivity index (χ3n) is 2.85. The van der Waals surface area contributed by atoms with Crippen LogP contribution in [0, 0.1) is 0 Å². The number of halogens is 6. The van der Waals surface area contributed by atoms with Crippen LogP contribution in [0.4, 0.5) is 22.0 Å². The van der Waals surface area contributed by atoms with E-state index in [0.29, 0.717) is 11.3 Å². The Balaban J connectivity index is 2.02. The van der Waals surface area contributed by atoms with Gasteiger partial charge in [0.05, 0.1) is 5.02 Å². The zero-order valence-corrected chi connectivity index (χ0v) is 14.1. The SMILES string of the molecule is CC(F)(F)CN=Cc1ccc(Oc2ccc(OC(F)(F)F)c(Cl)c2)cc1. The van der Waals surface area contributed by atoms with Gasteiger partial charge < -0.3 is 9.47 Å². The molecule has 0 aliphatic heterocycles. The third kappa shape index (κ3) is 6.87. The van der Waals surface area contributed by atoms with E-state index >= 15 is 0 Å². The molecule has 0 amide bonds. The summed E-state index contributed by atoms with van der Waals surface area (Å²) < 4.78 is 71.2. The average Bonchev–Trinajstić information content (AvgIpc) is 2.49. The maximum absolute atomic E-state index is 12.7. The molecule has 0 aliphatic rings. The van der Waals surface area contributed by atoms with Crippen LogP contribution in [0.2, 0.25) is 5.02 Å². The maximum Gasteiger partial charge on any atom is 0.573 e. The van der Waals surface area contributed by atoms with Crippen molar-refractivity contribution in [2.45, 2.75) is 19.2 Å². The van der Waals surface area contributed by atoms with Crippen molar-refractivity contribution < 1.29 is 31.4 Å². The van der Waals surface area contributed by atoms with E-state index in [0.717, 1.165) is 13.0 Å². The summed E-state index contributed by atoms with van der Waals surface area (Å²) in [6, 6.07) is 9.79. The van der Waals surface area contributed by atoms with Crippen LogP contribution in [0.5, 0.6) is 17.2 Å². The van der Waals surface area contributed by atoms with Crippen molar-refractivity contribution in [3.63, 3.8) is 0 Å². The van der Waals surface area contributed by atoms with E-state index in [-0.39, 0.29) is 10.8 Å². The van der Waals surface area contributed by atoms with Gasteiger partial charge in [-0.05, 0) is 42.0 Å². The quantitative estimate of drug-likeness (QED) is 0.438. The van der Waals surface area contributed by atoms with Gasteiger partial charge in [0.2, 0.25) is 0 Å². The maximum atomic E-state index is 12.7. The molecule has 0 N–H and O–H groups in total. The molecule has 0 saturated carbocycles. The van der Waals surface area contributed by atoms with Crippen LogP contribution in [0.3, 0.4) is 0 Å². The van der Waals surface area contributed by atoms with Crippen molar-refractivity contribution in [2.24, 2.45) is 4.99 Å². The highest BCUT2D eigenvalue weighted by Crippen LogP contribution is 2.34. The number of benzene rings is 2. The minimum atomic E-state index is -4.84. The first-order chi connectivity index (χ1) is 12.0. The summed E-state index contributed by atoms with van der Waals surface area (Å²) in [6.07, 6.45) is -3.54. The molecule has 140 valence electrons. The molecule has 3 nitrogen and oxygen atoms in total. The van der Waals surface area contributed by atoms with Gasteiger partial charge in [-0.15, -0.1) is 13.2 Å². The van der Waals surface area contributed by atoms with Crippen LogP contribution in [0.1, 0.15) is 12.5 Å². The first kappa shape index (κ1) is 20.0. The summed E-state index contributed by atoms with van der Waals surface area (Å²) in [5, 5.41) is -0.260. The van der Waals surface area contributed by atoms with Gasteiger partial charge in [-0.1, -0.05) is 11.6 Å². The van der Waals surface area contributed by atoms with Crippen molar-refractivity contribution in [2.75, 3.05) is 6.54 Å². The zero-order valence-electron chi connectivity index (χ0n) is 13.4. The van der Waals surface area contributed by atoms with Crippen molar-refractivity contribution in [3.8, 4) is 17.2 Å². The lowest BCUT2D eigenvalue weighted by molar-refractivity contribution is -0.274. The van der Waals surface area contributed by atoms with Gasteiger partial charge in [-0.2, -0.15) is 0 Å². The van der Waals surface area contributed by atoms with E-state index < -0.39 is 24.6 Å². The summed E-state index contributed by atoms with van der Waals surface area (Å²) in [7, 11) is 0. The molecule has 0 spiro atoms. The highest BCUT2D eigenvalue weighted by Gasteiger charge is 2.32. The Morgan fingerprint density at radius 1 is 1.00 bits per heavy atom. The van der Waals surface area contributed by atoms with Crippen LogP contribution in [0.25, 0.3) is 0 Å². The molecule has 9 heteroatoms. The van der Waals surface area contributed by atoms with E-state index in [1.54, 1.807) is 24.3 Å². The minimum absolute atomic E-state index is 0.205. The van der Waals surface area contributed by atoms with Gasteiger partial charge in [0.1, 0.15) is 23.8 Å². The van der Waals surface area contributed by atoms with Gasteiger partial charge in [0.15, 0.2) is 0 Å². The highest BCUT2D eigenvalue weighted by molar-refractivity contribution is 6.32. The Kier molecular flexibility index (Phi) is 6.07. The largest absolute Gasteiger partial charge is 0.573 e. The first-order valence-corrected chi connectivity index (χ1v) is 7.60. The van der Waals surface area contributed by atoms with Crippen LogP contribution >= 0.6 is 11.6 Å². The van der Waals surface area contributed by atoms with Gasteiger partial charge >= 0.3 is 6.36 Å². The molecule has 2 aromatic carbocycles. The molecule has 2 rings (SSSR count). The molecular weight excluding hydrogens is 381 g/mol. The summed E-state index contributed by atoms with van der Waals surface area (Å²) in [5.74, 6) is -2.83. The Morgan fingerprint density at radius 3 is 2.15 bits per heavy atom. The first-order valence-electron chi connectivity index (χ1n) is 7.23. The second-order valence-corrected chi connectivity index (χ2v) is 5.76. The molecule has 0 aromatic heterocycles. The predicted octanol–water partition coefficient (Wildman–Crippen LogP) is 6.11. The number of aliphatic imine (C=N–C) groups is 1. The van der Waals surface area contributed by atoms with Gasteiger partial charge in [-0.25, -0.2) is 8.78 Å². The number of nitrogens with zero attached hydrogens (tertiary/aromatic N) is 1. The van der Waals surface area contributed by atoms with Crippen LogP contribution < -0.4 is 9.47 Å². The van der Waals surface area contributed by atoms with Crippen LogP contribution in [-0.2, 0) is 0 Å². The molecule has 0 aliphatic carbocycles. The minimum Gasteiger partial charge on any atom is -0.457 e. The predicted molar refractivity (Wildman–Crippen MR) is 87.7 cm³/mol. The van der Waals surface area contributed by atoms with E-state index in [9.17, 15) is 22.0 Å². The van der Waals surface area contributed by atoms with Crippen LogP contribution in [0.15, 0.2) is 47.5 Å². The Hall–Kier alpha value is -2.35. The van der Waals surface area contributed by atoms with Gasteiger partial charge in [0.25, 0.3) is 5.92 Å². The number of alkyl halides is 5. The number of hydrogen-bond donors (Lipinski definition) is 0. The van der Waals surface area contributed by atoms with Crippen LogP contribution in [-0.4, -0.2) is 25.0 Å². The standard InChI is InChI=1S/C17H13ClF5NO2/c1-16(19,20)10-24-9-11-2-4-12(5-3-11)25-13-6-7-15(14(18)8-13)26-17(21,22)23/h2-9H,10H2,1H3. The summed E-state index contributed by atoms with van der Waals surface area (Å²) >= 11 is 5.74. The molecule has 26 heavy (non-hydrogen) atoms. The van der Waals surface area contributed by atoms with Crippen molar-refractivity contribution in [1.29, 1.82) is 0 Å². The van der Waals surface area contributed by atoms with Crippen molar-refractivity contribution in [3.05, 3.63) is 53.1 Å². The Labute approximate surface area is 151 Å². The molecule has 0 heterocycles. The Morgan fingerprint density at radius 2 is 1.62 bits per heavy atom. The normalized spacial score (nSPS) is 12.4. The third-order valence-corrected chi connectivity index (χ3v) is 3.15. The van der Waals surface area contributed by atoms with Gasteiger partial charge in [-0.3, -0.25) is 4.99 Å². The number of hydrogen-bond acceptors (Lipinski definition) is 3. The lowest BCUT2D eigenvalue weighted by Gasteiger charge is -2.12. The molecule has 0 radical (unpaired) electrons. The lowest BCUT2D eigenvalue weighted by atomic mass is 10.2. The second-order valence-electron chi connectivity index (χ2n) is 5.35. The molecule has 0 atom stereocenters. The van der Waals surface area contributed by atoms with Gasteiger partial charge in [0, 0.05) is 19.2 Å². The monoisotopic (exact) mass is 393 g/mol. The number of ether oxygens (including phenoxy) is 2. The van der Waals surface area contributed by atoms with Crippen molar-refractivity contribution >= 4 is 17.8 Å². The Bertz CT molecular complexity index is 770. The molecule has 0 saturated heterocycles. The smallest absolute Gasteiger partial charge is 0.457 e. The topological polar surface area (TPSA) is 30.8 Å². The second kappa shape index (κ2) is 7.90. The molecule has 2 aromatic rings. The summed E-state index contributed by atoms with van der Waals surface area (Å²) in [5.41, 5.74) is 0.591. The summed E-state index contributed by atoms with van der Waals surface area (Å²) in [6.45, 7) is 0.160. The molecule has 0 fully saturated rings.